The highest BCUT2D eigenvalue weighted by molar-refractivity contribution is 5.74. The van der Waals surface area contributed by atoms with Gasteiger partial charge in [-0.15, -0.1) is 0 Å². The molecule has 1 aliphatic heterocycles. The minimum atomic E-state index is -0.504. The van der Waals surface area contributed by atoms with Crippen molar-refractivity contribution < 1.29 is 9.53 Å². The molecule has 0 aliphatic carbocycles. The quantitative estimate of drug-likeness (QED) is 0.778. The van der Waals surface area contributed by atoms with Crippen LogP contribution in [-0.4, -0.2) is 16.6 Å². The Morgan fingerprint density at radius 1 is 1.17 bits per heavy atom. The average Bonchev–Trinajstić information content (AvgIpc) is 2.97. The number of benzene rings is 2. The van der Waals surface area contributed by atoms with Gasteiger partial charge in [-0.1, -0.05) is 30.3 Å². The van der Waals surface area contributed by atoms with Gasteiger partial charge in [-0.05, 0) is 55.2 Å². The molecule has 4 heteroatoms. The van der Waals surface area contributed by atoms with Crippen LogP contribution in [-0.2, 0) is 17.8 Å². The van der Waals surface area contributed by atoms with Gasteiger partial charge in [-0.2, -0.15) is 5.26 Å². The largest absolute Gasteiger partial charge is 0.444 e. The van der Waals surface area contributed by atoms with Gasteiger partial charge >= 0.3 is 6.09 Å². The fraction of sp³-hybridized carbons (Fsp3) is 0.300. The average molecular weight is 320 g/mol. The third kappa shape index (κ3) is 3.26. The topological polar surface area (TPSA) is 53.3 Å². The van der Waals surface area contributed by atoms with Crippen molar-refractivity contribution in [1.29, 1.82) is 5.26 Å². The monoisotopic (exact) mass is 320 g/mol. The molecule has 3 rings (SSSR count). The number of rotatable bonds is 1. The molecule has 0 unspecified atom stereocenters. The molecule has 0 saturated carbocycles. The van der Waals surface area contributed by atoms with Crippen LogP contribution < -0.4 is 0 Å². The highest BCUT2D eigenvalue weighted by Gasteiger charge is 2.29. The Morgan fingerprint density at radius 3 is 2.62 bits per heavy atom. The lowest BCUT2D eigenvalue weighted by Gasteiger charge is -2.24. The van der Waals surface area contributed by atoms with E-state index in [0.29, 0.717) is 18.7 Å². The van der Waals surface area contributed by atoms with Crippen LogP contribution in [0.2, 0.25) is 0 Å². The molecule has 4 nitrogen and oxygen atoms in total. The third-order valence-electron chi connectivity index (χ3n) is 3.94. The number of fused-ring (bicyclic) bond motifs is 1. The number of carbonyl (C=O) groups is 1. The van der Waals surface area contributed by atoms with Gasteiger partial charge in [-0.25, -0.2) is 4.79 Å². The van der Waals surface area contributed by atoms with Gasteiger partial charge in [-0.3, -0.25) is 4.90 Å². The molecule has 2 aromatic carbocycles. The van der Waals surface area contributed by atoms with Gasteiger partial charge in [0.05, 0.1) is 18.2 Å². The molecule has 0 saturated heterocycles. The van der Waals surface area contributed by atoms with E-state index in [1.165, 1.54) is 0 Å². The smallest absolute Gasteiger partial charge is 0.410 e. The van der Waals surface area contributed by atoms with Gasteiger partial charge in [0.1, 0.15) is 5.60 Å². The zero-order chi connectivity index (χ0) is 17.3. The standard InChI is InChI=1S/C20H20N2O2/c1-20(2,3)24-19(23)22-12-16-8-5-9-17(18(16)13-22)15-7-4-6-14(10-15)11-21/h4-10H,12-13H2,1-3H3. The Morgan fingerprint density at radius 2 is 1.92 bits per heavy atom. The zero-order valence-electron chi connectivity index (χ0n) is 14.2. The van der Waals surface area contributed by atoms with E-state index >= 15 is 0 Å². The van der Waals surface area contributed by atoms with Crippen LogP contribution >= 0.6 is 0 Å². The first-order valence-electron chi connectivity index (χ1n) is 7.96. The lowest BCUT2D eigenvalue weighted by atomic mass is 9.96. The highest BCUT2D eigenvalue weighted by atomic mass is 16.6. The van der Waals surface area contributed by atoms with Crippen molar-refractivity contribution in [2.24, 2.45) is 0 Å². The van der Waals surface area contributed by atoms with Crippen LogP contribution in [0.3, 0.4) is 0 Å². The number of hydrogen-bond acceptors (Lipinski definition) is 3. The van der Waals surface area contributed by atoms with E-state index in [-0.39, 0.29) is 6.09 Å². The lowest BCUT2D eigenvalue weighted by molar-refractivity contribution is 0.0242. The molecule has 1 aliphatic rings. The molecule has 0 fully saturated rings. The molecule has 0 bridgehead atoms. The molecule has 0 spiro atoms. The molecule has 0 aromatic heterocycles. The summed E-state index contributed by atoms with van der Waals surface area (Å²) in [5.41, 5.74) is 4.44. The van der Waals surface area contributed by atoms with Crippen molar-refractivity contribution in [3.05, 3.63) is 59.2 Å². The van der Waals surface area contributed by atoms with Crippen molar-refractivity contribution >= 4 is 6.09 Å². The molecule has 0 atom stereocenters. The van der Waals surface area contributed by atoms with Crippen molar-refractivity contribution in [3.8, 4) is 17.2 Å². The third-order valence-corrected chi connectivity index (χ3v) is 3.94. The van der Waals surface area contributed by atoms with Crippen molar-refractivity contribution in [2.45, 2.75) is 39.5 Å². The summed E-state index contributed by atoms with van der Waals surface area (Å²) < 4.78 is 5.48. The Kier molecular flexibility index (Phi) is 4.02. The van der Waals surface area contributed by atoms with Crippen LogP contribution in [0.25, 0.3) is 11.1 Å². The van der Waals surface area contributed by atoms with Crippen molar-refractivity contribution in [3.63, 3.8) is 0 Å². The van der Waals surface area contributed by atoms with E-state index in [2.05, 4.69) is 6.07 Å². The summed E-state index contributed by atoms with van der Waals surface area (Å²) in [6, 6.07) is 15.8. The summed E-state index contributed by atoms with van der Waals surface area (Å²) in [6.45, 7) is 6.68. The number of nitrogens with zero attached hydrogens (tertiary/aromatic N) is 2. The molecule has 2 aromatic rings. The van der Waals surface area contributed by atoms with Crippen molar-refractivity contribution in [2.75, 3.05) is 0 Å². The maximum Gasteiger partial charge on any atom is 0.410 e. The van der Waals surface area contributed by atoms with Gasteiger partial charge in [0.15, 0.2) is 0 Å². The molecule has 122 valence electrons. The first-order chi connectivity index (χ1) is 11.4. The van der Waals surface area contributed by atoms with E-state index in [9.17, 15) is 4.79 Å². The van der Waals surface area contributed by atoms with Gasteiger partial charge < -0.3 is 4.74 Å². The van der Waals surface area contributed by atoms with Crippen molar-refractivity contribution in [1.82, 2.24) is 4.90 Å². The van der Waals surface area contributed by atoms with E-state index < -0.39 is 5.60 Å². The summed E-state index contributed by atoms with van der Waals surface area (Å²) in [6.07, 6.45) is -0.296. The van der Waals surface area contributed by atoms with Crippen LogP contribution in [0.4, 0.5) is 4.79 Å². The van der Waals surface area contributed by atoms with Crippen LogP contribution in [0.15, 0.2) is 42.5 Å². The zero-order valence-corrected chi connectivity index (χ0v) is 14.2. The van der Waals surface area contributed by atoms with E-state index in [1.807, 2.05) is 57.2 Å². The number of ether oxygens (including phenoxy) is 1. The SMILES string of the molecule is CC(C)(C)OC(=O)N1Cc2cccc(-c3cccc(C#N)c3)c2C1. The maximum absolute atomic E-state index is 12.3. The fourth-order valence-corrected chi connectivity index (χ4v) is 2.90. The Balaban J connectivity index is 1.90. The summed E-state index contributed by atoms with van der Waals surface area (Å²) in [4.78, 5) is 14.1. The van der Waals surface area contributed by atoms with E-state index in [4.69, 9.17) is 10.00 Å². The molecule has 0 N–H and O–H groups in total. The highest BCUT2D eigenvalue weighted by Crippen LogP contribution is 2.33. The number of hydrogen-bond donors (Lipinski definition) is 0. The second-order valence-electron chi connectivity index (χ2n) is 6.97. The summed E-state index contributed by atoms with van der Waals surface area (Å²) in [5.74, 6) is 0. The number of amides is 1. The Labute approximate surface area is 142 Å². The second kappa shape index (κ2) is 6.01. The van der Waals surface area contributed by atoms with Crippen LogP contribution in [0.1, 0.15) is 37.5 Å². The lowest BCUT2D eigenvalue weighted by Crippen LogP contribution is -2.33. The predicted octanol–water partition coefficient (Wildman–Crippen LogP) is 4.48. The van der Waals surface area contributed by atoms with Crippen LogP contribution in [0.5, 0.6) is 0 Å². The molecule has 0 radical (unpaired) electrons. The number of carbonyl (C=O) groups excluding carboxylic acids is 1. The summed E-state index contributed by atoms with van der Waals surface area (Å²) in [5, 5.41) is 9.11. The molecule has 1 amide bonds. The van der Waals surface area contributed by atoms with Gasteiger partial charge in [0, 0.05) is 6.54 Å². The first-order valence-corrected chi connectivity index (χ1v) is 7.96. The van der Waals surface area contributed by atoms with Gasteiger partial charge in [0.2, 0.25) is 0 Å². The van der Waals surface area contributed by atoms with E-state index in [0.717, 1.165) is 22.3 Å². The van der Waals surface area contributed by atoms with Gasteiger partial charge in [0.25, 0.3) is 0 Å². The molecule has 24 heavy (non-hydrogen) atoms. The maximum atomic E-state index is 12.3. The predicted molar refractivity (Wildman–Crippen MR) is 92.1 cm³/mol. The normalized spacial score (nSPS) is 13.3. The minimum Gasteiger partial charge on any atom is -0.444 e. The van der Waals surface area contributed by atoms with Crippen LogP contribution in [0, 0.1) is 11.3 Å². The Bertz CT molecular complexity index is 828. The minimum absolute atomic E-state index is 0.296. The van der Waals surface area contributed by atoms with E-state index in [1.54, 1.807) is 11.0 Å². The molecular formula is C20H20N2O2. The second-order valence-corrected chi connectivity index (χ2v) is 6.97. The molecular weight excluding hydrogens is 300 g/mol. The molecule has 1 heterocycles. The summed E-state index contributed by atoms with van der Waals surface area (Å²) in [7, 11) is 0. The first kappa shape index (κ1) is 16.1. The Hall–Kier alpha value is -2.80. The number of nitriles is 1. The summed E-state index contributed by atoms with van der Waals surface area (Å²) >= 11 is 0. The fourth-order valence-electron chi connectivity index (χ4n) is 2.90.